The van der Waals surface area contributed by atoms with Crippen molar-refractivity contribution in [3.63, 3.8) is 0 Å². The normalized spacial score (nSPS) is 18.2. The van der Waals surface area contributed by atoms with Crippen LogP contribution in [0.2, 0.25) is 0 Å². The molecule has 1 amide bonds. The molecule has 0 aliphatic carbocycles. The molecule has 0 bridgehead atoms. The molecule has 6 nitrogen and oxygen atoms in total. The van der Waals surface area contributed by atoms with Gasteiger partial charge in [0.25, 0.3) is 0 Å². The molecule has 2 aromatic rings. The SMILES string of the molecule is CCOc1ccc(S(=O)(=O)N2CCC[C@@H](C(=O)N[C@H](C)CCc3ccccc3)C2)cc1C. The maximum Gasteiger partial charge on any atom is 0.243 e. The van der Waals surface area contributed by atoms with E-state index >= 15 is 0 Å². The summed E-state index contributed by atoms with van der Waals surface area (Å²) in [5, 5.41) is 3.09. The van der Waals surface area contributed by atoms with Crippen LogP contribution in [0.4, 0.5) is 0 Å². The van der Waals surface area contributed by atoms with Crippen LogP contribution in [0, 0.1) is 12.8 Å². The van der Waals surface area contributed by atoms with Gasteiger partial charge in [-0.1, -0.05) is 30.3 Å². The number of aryl methyl sites for hydroxylation is 2. The third-order valence-corrected chi connectivity index (χ3v) is 7.80. The molecule has 174 valence electrons. The Balaban J connectivity index is 1.60. The second kappa shape index (κ2) is 11.0. The number of carbonyl (C=O) groups is 1. The van der Waals surface area contributed by atoms with Crippen LogP contribution in [0.15, 0.2) is 53.4 Å². The van der Waals surface area contributed by atoms with Crippen molar-refractivity contribution in [2.75, 3.05) is 19.7 Å². The Morgan fingerprint density at radius 2 is 1.97 bits per heavy atom. The standard InChI is InChI=1S/C25H34N2O4S/c1-4-31-24-15-14-23(17-19(24)2)32(29,30)27-16-8-11-22(18-27)25(28)26-20(3)12-13-21-9-6-5-7-10-21/h5-7,9-10,14-15,17,20,22H,4,8,11-13,16,18H2,1-3H3,(H,26,28)/t20-,22-/m1/s1. The summed E-state index contributed by atoms with van der Waals surface area (Å²) in [7, 11) is -3.66. The Bertz CT molecular complexity index is 1010. The van der Waals surface area contributed by atoms with Crippen LogP contribution in [0.5, 0.6) is 5.75 Å². The molecule has 32 heavy (non-hydrogen) atoms. The Kier molecular flexibility index (Phi) is 8.32. The second-order valence-electron chi connectivity index (χ2n) is 8.50. The van der Waals surface area contributed by atoms with Gasteiger partial charge in [-0.05, 0) is 75.8 Å². The van der Waals surface area contributed by atoms with Crippen molar-refractivity contribution >= 4 is 15.9 Å². The Morgan fingerprint density at radius 1 is 1.22 bits per heavy atom. The molecule has 3 rings (SSSR count). The Morgan fingerprint density at radius 3 is 2.66 bits per heavy atom. The van der Waals surface area contributed by atoms with Crippen LogP contribution in [0.3, 0.4) is 0 Å². The highest BCUT2D eigenvalue weighted by molar-refractivity contribution is 7.89. The highest BCUT2D eigenvalue weighted by atomic mass is 32.2. The smallest absolute Gasteiger partial charge is 0.243 e. The quantitative estimate of drug-likeness (QED) is 0.618. The topological polar surface area (TPSA) is 75.7 Å². The summed E-state index contributed by atoms with van der Waals surface area (Å²) in [6.07, 6.45) is 3.11. The fraction of sp³-hybridized carbons (Fsp3) is 0.480. The minimum atomic E-state index is -3.66. The molecular formula is C25H34N2O4S. The number of rotatable bonds is 9. The van der Waals surface area contributed by atoms with E-state index in [0.29, 0.717) is 31.7 Å². The lowest BCUT2D eigenvalue weighted by atomic mass is 9.98. The number of sulfonamides is 1. The lowest BCUT2D eigenvalue weighted by molar-refractivity contribution is -0.126. The van der Waals surface area contributed by atoms with Crippen molar-refractivity contribution in [3.8, 4) is 5.75 Å². The summed E-state index contributed by atoms with van der Waals surface area (Å²) in [5.41, 5.74) is 2.03. The first-order valence-electron chi connectivity index (χ1n) is 11.4. The second-order valence-corrected chi connectivity index (χ2v) is 10.4. The van der Waals surface area contributed by atoms with Gasteiger partial charge in [0.05, 0.1) is 17.4 Å². The molecule has 0 saturated carbocycles. The number of carbonyl (C=O) groups excluding carboxylic acids is 1. The molecule has 1 aliphatic heterocycles. The van der Waals surface area contributed by atoms with E-state index in [1.807, 2.05) is 39.0 Å². The number of hydrogen-bond donors (Lipinski definition) is 1. The van der Waals surface area contributed by atoms with Crippen molar-refractivity contribution in [1.82, 2.24) is 9.62 Å². The number of ether oxygens (including phenoxy) is 1. The van der Waals surface area contributed by atoms with E-state index in [0.717, 1.165) is 18.4 Å². The minimum Gasteiger partial charge on any atom is -0.494 e. The summed E-state index contributed by atoms with van der Waals surface area (Å²) in [6.45, 7) is 6.91. The van der Waals surface area contributed by atoms with E-state index in [-0.39, 0.29) is 29.3 Å². The summed E-state index contributed by atoms with van der Waals surface area (Å²) in [6, 6.07) is 15.2. The monoisotopic (exact) mass is 458 g/mol. The van der Waals surface area contributed by atoms with Crippen LogP contribution in [-0.4, -0.2) is 44.4 Å². The predicted octanol–water partition coefficient (Wildman–Crippen LogP) is 3.93. The lowest BCUT2D eigenvalue weighted by Gasteiger charge is -2.32. The van der Waals surface area contributed by atoms with E-state index in [1.54, 1.807) is 18.2 Å². The van der Waals surface area contributed by atoms with Crippen LogP contribution in [-0.2, 0) is 21.2 Å². The predicted molar refractivity (Wildman–Crippen MR) is 126 cm³/mol. The van der Waals surface area contributed by atoms with Gasteiger partial charge in [0.15, 0.2) is 0 Å². The first kappa shape index (κ1) is 24.3. The number of amides is 1. The maximum absolute atomic E-state index is 13.2. The largest absolute Gasteiger partial charge is 0.494 e. The molecule has 0 radical (unpaired) electrons. The fourth-order valence-corrected chi connectivity index (χ4v) is 5.69. The number of hydrogen-bond acceptors (Lipinski definition) is 4. The van der Waals surface area contributed by atoms with Crippen molar-refractivity contribution in [1.29, 1.82) is 0 Å². The van der Waals surface area contributed by atoms with Crippen molar-refractivity contribution in [3.05, 3.63) is 59.7 Å². The molecule has 0 unspecified atom stereocenters. The van der Waals surface area contributed by atoms with Crippen molar-refractivity contribution in [2.24, 2.45) is 5.92 Å². The fourth-order valence-electron chi connectivity index (χ4n) is 4.08. The number of benzene rings is 2. The van der Waals surface area contributed by atoms with Crippen LogP contribution in [0.25, 0.3) is 0 Å². The third-order valence-electron chi connectivity index (χ3n) is 5.94. The lowest BCUT2D eigenvalue weighted by Crippen LogP contribution is -2.47. The summed E-state index contributed by atoms with van der Waals surface area (Å²) >= 11 is 0. The van der Waals surface area contributed by atoms with Gasteiger partial charge in [0, 0.05) is 19.1 Å². The summed E-state index contributed by atoms with van der Waals surface area (Å²) < 4.78 is 33.4. The molecule has 2 atom stereocenters. The number of piperidine rings is 1. The first-order chi connectivity index (χ1) is 15.3. The third kappa shape index (κ3) is 6.11. The molecule has 1 fully saturated rings. The molecule has 1 heterocycles. The van der Waals surface area contributed by atoms with Gasteiger partial charge < -0.3 is 10.1 Å². The van der Waals surface area contributed by atoms with Gasteiger partial charge in [0.2, 0.25) is 15.9 Å². The minimum absolute atomic E-state index is 0.0310. The summed E-state index contributed by atoms with van der Waals surface area (Å²) in [4.78, 5) is 13.1. The van der Waals surface area contributed by atoms with Gasteiger partial charge in [-0.15, -0.1) is 0 Å². The van der Waals surface area contributed by atoms with E-state index in [1.165, 1.54) is 9.87 Å². The zero-order valence-corrected chi connectivity index (χ0v) is 20.0. The average molecular weight is 459 g/mol. The van der Waals surface area contributed by atoms with E-state index in [9.17, 15) is 13.2 Å². The zero-order valence-electron chi connectivity index (χ0n) is 19.2. The molecule has 7 heteroatoms. The van der Waals surface area contributed by atoms with Gasteiger partial charge in [-0.25, -0.2) is 8.42 Å². The van der Waals surface area contributed by atoms with E-state index in [2.05, 4.69) is 17.4 Å². The molecule has 1 aliphatic rings. The summed E-state index contributed by atoms with van der Waals surface area (Å²) in [5.74, 6) is 0.293. The van der Waals surface area contributed by atoms with Crippen LogP contribution in [0.1, 0.15) is 44.2 Å². The first-order valence-corrected chi connectivity index (χ1v) is 12.8. The highest BCUT2D eigenvalue weighted by Gasteiger charge is 2.33. The molecule has 1 N–H and O–H groups in total. The van der Waals surface area contributed by atoms with Crippen LogP contribution >= 0.6 is 0 Å². The van der Waals surface area contributed by atoms with Gasteiger partial charge in [-0.3, -0.25) is 4.79 Å². The molecule has 2 aromatic carbocycles. The van der Waals surface area contributed by atoms with Gasteiger partial charge in [-0.2, -0.15) is 4.31 Å². The van der Waals surface area contributed by atoms with Gasteiger partial charge >= 0.3 is 0 Å². The van der Waals surface area contributed by atoms with Crippen molar-refractivity contribution in [2.45, 2.75) is 57.4 Å². The van der Waals surface area contributed by atoms with Crippen molar-refractivity contribution < 1.29 is 17.9 Å². The average Bonchev–Trinajstić information content (AvgIpc) is 2.80. The van der Waals surface area contributed by atoms with E-state index < -0.39 is 10.0 Å². The molecule has 1 saturated heterocycles. The Hall–Kier alpha value is -2.38. The number of nitrogens with one attached hydrogen (secondary N) is 1. The zero-order chi connectivity index (χ0) is 23.1. The maximum atomic E-state index is 13.2. The molecule has 0 spiro atoms. The number of nitrogens with zero attached hydrogens (tertiary/aromatic N) is 1. The Labute approximate surface area is 192 Å². The molecular weight excluding hydrogens is 424 g/mol. The van der Waals surface area contributed by atoms with Crippen LogP contribution < -0.4 is 10.1 Å². The van der Waals surface area contributed by atoms with Gasteiger partial charge in [0.1, 0.15) is 5.75 Å². The highest BCUT2D eigenvalue weighted by Crippen LogP contribution is 2.27. The van der Waals surface area contributed by atoms with E-state index in [4.69, 9.17) is 4.74 Å². The molecule has 0 aromatic heterocycles.